The van der Waals surface area contributed by atoms with Gasteiger partial charge >= 0.3 is 0 Å². The quantitative estimate of drug-likeness (QED) is 0.735. The summed E-state index contributed by atoms with van der Waals surface area (Å²) < 4.78 is 2.12. The van der Waals surface area contributed by atoms with E-state index in [9.17, 15) is 9.59 Å². The van der Waals surface area contributed by atoms with Crippen LogP contribution in [0.2, 0.25) is 0 Å². The number of carbonyl (C=O) groups is 2. The van der Waals surface area contributed by atoms with E-state index in [1.165, 1.54) is 17.4 Å². The first kappa shape index (κ1) is 19.0. The number of hydrogen-bond donors (Lipinski definition) is 2. The van der Waals surface area contributed by atoms with Crippen molar-refractivity contribution in [1.82, 2.24) is 14.8 Å². The zero-order chi connectivity index (χ0) is 19.5. The molecule has 1 atom stereocenters. The number of hydrogen-bond acceptors (Lipinski definition) is 3. The number of aromatic nitrogens is 1. The Bertz CT molecular complexity index is 855. The number of para-hydroxylation sites is 1. The van der Waals surface area contributed by atoms with Gasteiger partial charge in [0.25, 0.3) is 0 Å². The average Bonchev–Trinajstić information content (AvgIpc) is 3.49. The van der Waals surface area contributed by atoms with E-state index in [0.29, 0.717) is 30.7 Å². The van der Waals surface area contributed by atoms with Crippen LogP contribution in [-0.4, -0.2) is 40.9 Å². The van der Waals surface area contributed by atoms with Crippen LogP contribution in [0.5, 0.6) is 0 Å². The Labute approximate surface area is 166 Å². The van der Waals surface area contributed by atoms with Gasteiger partial charge in [0.05, 0.1) is 0 Å². The fraction of sp³-hybridized carbons (Fsp3) is 0.545. The van der Waals surface area contributed by atoms with Gasteiger partial charge in [-0.1, -0.05) is 18.2 Å². The molecular formula is C22H30N4O2. The molecule has 1 aliphatic carbocycles. The topological polar surface area (TPSA) is 80.4 Å². The molecule has 2 fully saturated rings. The Kier molecular flexibility index (Phi) is 5.67. The molecule has 28 heavy (non-hydrogen) atoms. The predicted molar refractivity (Wildman–Crippen MR) is 109 cm³/mol. The third-order valence-electron chi connectivity index (χ3n) is 5.98. The highest BCUT2D eigenvalue weighted by atomic mass is 16.2. The maximum Gasteiger partial charge on any atom is 0.225 e. The lowest BCUT2D eigenvalue weighted by Crippen LogP contribution is -2.43. The minimum atomic E-state index is -0.278. The van der Waals surface area contributed by atoms with Crippen molar-refractivity contribution in [2.75, 3.05) is 19.6 Å². The van der Waals surface area contributed by atoms with E-state index in [1.807, 2.05) is 12.1 Å². The summed E-state index contributed by atoms with van der Waals surface area (Å²) >= 11 is 0. The maximum absolute atomic E-state index is 12.3. The van der Waals surface area contributed by atoms with E-state index >= 15 is 0 Å². The number of nitrogens with one attached hydrogen (secondary N) is 1. The van der Waals surface area contributed by atoms with Gasteiger partial charge in [-0.2, -0.15) is 0 Å². The van der Waals surface area contributed by atoms with Crippen LogP contribution in [0.1, 0.15) is 37.7 Å². The minimum absolute atomic E-state index is 0.278. The summed E-state index contributed by atoms with van der Waals surface area (Å²) in [6, 6.07) is 8.28. The standard InChI is InChI=1S/C22H30N4O2/c23-21(27)9-11-25-15-18(19-5-1-2-6-20(19)25)13-24-12-16-4-3-10-26(14-16)22(28)17-7-8-17/h1-2,5-6,15-17,24H,3-4,7-14H2,(H2,23,27)/t16-/m1/s1. The summed E-state index contributed by atoms with van der Waals surface area (Å²) in [4.78, 5) is 25.6. The third-order valence-corrected chi connectivity index (χ3v) is 5.98. The van der Waals surface area contributed by atoms with E-state index in [0.717, 1.165) is 51.0 Å². The number of fused-ring (bicyclic) bond motifs is 1. The number of aryl methyl sites for hydroxylation is 1. The fourth-order valence-corrected chi connectivity index (χ4v) is 4.31. The van der Waals surface area contributed by atoms with Crippen LogP contribution >= 0.6 is 0 Å². The zero-order valence-electron chi connectivity index (χ0n) is 16.4. The number of rotatable bonds is 8. The second kappa shape index (κ2) is 8.35. The summed E-state index contributed by atoms with van der Waals surface area (Å²) in [5.74, 6) is 0.945. The van der Waals surface area contributed by atoms with E-state index in [1.54, 1.807) is 0 Å². The van der Waals surface area contributed by atoms with Gasteiger partial charge in [-0.15, -0.1) is 0 Å². The minimum Gasteiger partial charge on any atom is -0.370 e. The third kappa shape index (κ3) is 4.38. The first-order valence-electron chi connectivity index (χ1n) is 10.5. The number of piperidine rings is 1. The number of nitrogens with zero attached hydrogens (tertiary/aromatic N) is 2. The lowest BCUT2D eigenvalue weighted by atomic mass is 9.97. The molecule has 1 saturated heterocycles. The molecule has 4 rings (SSSR count). The van der Waals surface area contributed by atoms with Gasteiger partial charge in [-0.05, 0) is 49.8 Å². The van der Waals surface area contributed by atoms with E-state index < -0.39 is 0 Å². The zero-order valence-corrected chi connectivity index (χ0v) is 16.4. The van der Waals surface area contributed by atoms with Crippen molar-refractivity contribution in [3.05, 3.63) is 36.0 Å². The number of carbonyl (C=O) groups excluding carboxylic acids is 2. The average molecular weight is 383 g/mol. The largest absolute Gasteiger partial charge is 0.370 e. The van der Waals surface area contributed by atoms with Gasteiger partial charge in [0.1, 0.15) is 0 Å². The molecule has 1 aliphatic heterocycles. The van der Waals surface area contributed by atoms with E-state index in [4.69, 9.17) is 5.73 Å². The van der Waals surface area contributed by atoms with Crippen LogP contribution in [0.4, 0.5) is 0 Å². The Hall–Kier alpha value is -2.34. The smallest absolute Gasteiger partial charge is 0.225 e. The van der Waals surface area contributed by atoms with E-state index in [2.05, 4.69) is 33.1 Å². The van der Waals surface area contributed by atoms with Gasteiger partial charge in [0.2, 0.25) is 11.8 Å². The van der Waals surface area contributed by atoms with Crippen LogP contribution < -0.4 is 11.1 Å². The molecule has 0 radical (unpaired) electrons. The molecule has 0 spiro atoms. The molecule has 3 N–H and O–H groups in total. The van der Waals surface area contributed by atoms with Crippen molar-refractivity contribution in [2.24, 2.45) is 17.6 Å². The molecule has 2 amide bonds. The second-order valence-electron chi connectivity index (χ2n) is 8.28. The van der Waals surface area contributed by atoms with Crippen LogP contribution in [0, 0.1) is 11.8 Å². The normalized spacial score (nSPS) is 19.9. The van der Waals surface area contributed by atoms with E-state index in [-0.39, 0.29) is 5.91 Å². The molecule has 150 valence electrons. The number of likely N-dealkylation sites (tertiary alicyclic amines) is 1. The summed E-state index contributed by atoms with van der Waals surface area (Å²) in [7, 11) is 0. The SMILES string of the molecule is NC(=O)CCn1cc(CNC[C@H]2CCCN(C(=O)C3CC3)C2)c2ccccc21. The molecule has 1 aromatic carbocycles. The Morgan fingerprint density at radius 1 is 1.18 bits per heavy atom. The van der Waals surface area contributed by atoms with Crippen LogP contribution in [0.15, 0.2) is 30.5 Å². The Balaban J connectivity index is 1.35. The molecule has 2 aromatic rings. The molecule has 6 heteroatoms. The summed E-state index contributed by atoms with van der Waals surface area (Å²) in [6.45, 7) is 4.14. The number of benzene rings is 1. The molecule has 0 bridgehead atoms. The molecule has 1 saturated carbocycles. The predicted octanol–water partition coefficient (Wildman–Crippen LogP) is 2.25. The fourth-order valence-electron chi connectivity index (χ4n) is 4.31. The number of primary amides is 1. The maximum atomic E-state index is 12.3. The first-order valence-corrected chi connectivity index (χ1v) is 10.5. The molecule has 1 aromatic heterocycles. The van der Waals surface area contributed by atoms with Gasteiger partial charge in [-0.25, -0.2) is 0 Å². The molecular weight excluding hydrogens is 352 g/mol. The van der Waals surface area contributed by atoms with Crippen molar-refractivity contribution >= 4 is 22.7 Å². The van der Waals surface area contributed by atoms with Crippen LogP contribution in [-0.2, 0) is 22.7 Å². The lowest BCUT2D eigenvalue weighted by molar-refractivity contribution is -0.134. The van der Waals surface area contributed by atoms with Gasteiger partial charge < -0.3 is 20.5 Å². The highest BCUT2D eigenvalue weighted by Gasteiger charge is 2.35. The van der Waals surface area contributed by atoms with Gasteiger partial charge in [-0.3, -0.25) is 9.59 Å². The number of amides is 2. The summed E-state index contributed by atoms with van der Waals surface area (Å²) in [5.41, 5.74) is 7.69. The summed E-state index contributed by atoms with van der Waals surface area (Å²) in [6.07, 6.45) is 6.93. The molecule has 2 aliphatic rings. The summed E-state index contributed by atoms with van der Waals surface area (Å²) in [5, 5.41) is 4.82. The van der Waals surface area contributed by atoms with Gasteiger partial charge in [0.15, 0.2) is 0 Å². The van der Waals surface area contributed by atoms with Gasteiger partial charge in [0, 0.05) is 55.6 Å². The van der Waals surface area contributed by atoms with Crippen molar-refractivity contribution in [1.29, 1.82) is 0 Å². The first-order chi connectivity index (χ1) is 13.6. The second-order valence-corrected chi connectivity index (χ2v) is 8.28. The highest BCUT2D eigenvalue weighted by molar-refractivity contribution is 5.84. The number of nitrogens with two attached hydrogens (primary N) is 1. The Morgan fingerprint density at radius 3 is 2.79 bits per heavy atom. The Morgan fingerprint density at radius 2 is 2.00 bits per heavy atom. The van der Waals surface area contributed by atoms with Crippen molar-refractivity contribution in [3.8, 4) is 0 Å². The van der Waals surface area contributed by atoms with Crippen molar-refractivity contribution < 1.29 is 9.59 Å². The monoisotopic (exact) mass is 382 g/mol. The molecule has 0 unspecified atom stereocenters. The molecule has 2 heterocycles. The van der Waals surface area contributed by atoms with Crippen LogP contribution in [0.3, 0.4) is 0 Å². The van der Waals surface area contributed by atoms with Crippen molar-refractivity contribution in [2.45, 2.75) is 45.2 Å². The molecule has 6 nitrogen and oxygen atoms in total. The van der Waals surface area contributed by atoms with Crippen LogP contribution in [0.25, 0.3) is 10.9 Å². The van der Waals surface area contributed by atoms with Crippen molar-refractivity contribution in [3.63, 3.8) is 0 Å². The highest BCUT2D eigenvalue weighted by Crippen LogP contribution is 2.32. The lowest BCUT2D eigenvalue weighted by Gasteiger charge is -2.33.